The number of phenolic OH excluding ortho intramolecular Hbond substituents is 1. The Kier molecular flexibility index (Phi) is 7.09. The summed E-state index contributed by atoms with van der Waals surface area (Å²) in [6, 6.07) is 15.7. The predicted molar refractivity (Wildman–Crippen MR) is 125 cm³/mol. The summed E-state index contributed by atoms with van der Waals surface area (Å²) >= 11 is 3.89. The Bertz CT molecular complexity index is 1170. The van der Waals surface area contributed by atoms with Gasteiger partial charge in [0.15, 0.2) is 11.5 Å². The number of nitrogens with one attached hydrogen (secondary N) is 1. The van der Waals surface area contributed by atoms with Crippen LogP contribution in [0.1, 0.15) is 24.5 Å². The van der Waals surface area contributed by atoms with Gasteiger partial charge in [-0.1, -0.05) is 30.3 Å². The van der Waals surface area contributed by atoms with E-state index < -0.39 is 18.2 Å². The Hall–Kier alpha value is -3.59. The van der Waals surface area contributed by atoms with E-state index in [1.807, 2.05) is 18.2 Å². The maximum Gasteiger partial charge on any atom is 0.412 e. The van der Waals surface area contributed by atoms with E-state index in [4.69, 9.17) is 18.9 Å². The zero-order chi connectivity index (χ0) is 23.2. The zero-order valence-electron chi connectivity index (χ0n) is 17.7. The molecule has 1 amide bonds. The number of hydrogen-bond acceptors (Lipinski definition) is 8. The number of ether oxygens (including phenoxy) is 4. The third-order valence-corrected chi connectivity index (χ3v) is 5.41. The number of rotatable bonds is 8. The monoisotopic (exact) mass is 469 g/mol. The molecule has 0 fully saturated rings. The number of amides is 1. The number of carbonyl (C=O) groups excluding carboxylic acids is 2. The molecule has 0 bridgehead atoms. The highest BCUT2D eigenvalue weighted by Crippen LogP contribution is 2.36. The Morgan fingerprint density at radius 2 is 1.85 bits per heavy atom. The quantitative estimate of drug-likeness (QED) is 0.247. The van der Waals surface area contributed by atoms with Gasteiger partial charge in [-0.25, -0.2) is 4.79 Å². The first-order valence-corrected chi connectivity index (χ1v) is 11.0. The lowest BCUT2D eigenvalue weighted by Crippen LogP contribution is -2.18. The highest BCUT2D eigenvalue weighted by atomic mass is 32.1. The van der Waals surface area contributed by atoms with Gasteiger partial charge in [-0.3, -0.25) is 10.1 Å². The fraction of sp³-hybridized carbons (Fsp3) is 0.250. The standard InChI is InChI=1S/C24H23NO7S/c26-19-9-8-18(16-4-1-2-5-17(16)19)20(6-3-11-29-23(27)13-33)32-24(28)25-15-7-10-21-22(12-15)31-14-30-21/h1-2,4-5,7-10,12,20,26,33H,3,6,11,13-14H2,(H,25,28)/t20-/m1/s1. The van der Waals surface area contributed by atoms with Gasteiger partial charge in [-0.15, -0.1) is 0 Å². The number of carbonyl (C=O) groups is 2. The van der Waals surface area contributed by atoms with Crippen molar-refractivity contribution in [2.45, 2.75) is 18.9 Å². The van der Waals surface area contributed by atoms with Gasteiger partial charge in [-0.05, 0) is 36.4 Å². The molecule has 1 aliphatic rings. The van der Waals surface area contributed by atoms with Crippen LogP contribution in [-0.4, -0.2) is 36.3 Å². The van der Waals surface area contributed by atoms with E-state index in [0.717, 1.165) is 10.9 Å². The Morgan fingerprint density at radius 3 is 2.67 bits per heavy atom. The molecule has 0 spiro atoms. The molecule has 1 atom stereocenters. The van der Waals surface area contributed by atoms with E-state index in [1.54, 1.807) is 36.4 Å². The van der Waals surface area contributed by atoms with Crippen molar-refractivity contribution in [3.8, 4) is 17.2 Å². The first-order chi connectivity index (χ1) is 16.0. The average molecular weight is 470 g/mol. The van der Waals surface area contributed by atoms with E-state index >= 15 is 0 Å². The molecule has 3 aromatic rings. The second kappa shape index (κ2) is 10.4. The first kappa shape index (κ1) is 22.6. The van der Waals surface area contributed by atoms with Gasteiger partial charge < -0.3 is 24.1 Å². The fourth-order valence-corrected chi connectivity index (χ4v) is 3.71. The molecule has 0 saturated heterocycles. The molecule has 33 heavy (non-hydrogen) atoms. The van der Waals surface area contributed by atoms with Crippen molar-refractivity contribution in [2.75, 3.05) is 24.5 Å². The van der Waals surface area contributed by atoms with Crippen molar-refractivity contribution in [2.24, 2.45) is 0 Å². The fourth-order valence-electron chi connectivity index (χ4n) is 3.62. The highest BCUT2D eigenvalue weighted by Gasteiger charge is 2.21. The minimum atomic E-state index is -0.650. The van der Waals surface area contributed by atoms with E-state index in [0.29, 0.717) is 35.4 Å². The SMILES string of the molecule is O=C(CS)OCCC[C@@H](OC(=O)Nc1ccc2c(c1)OCO2)c1ccc(O)c2ccccc12. The largest absolute Gasteiger partial charge is 0.507 e. The number of hydrogen-bond donors (Lipinski definition) is 3. The smallest absolute Gasteiger partial charge is 0.412 e. The van der Waals surface area contributed by atoms with Crippen LogP contribution < -0.4 is 14.8 Å². The van der Waals surface area contributed by atoms with E-state index in [1.165, 1.54) is 0 Å². The van der Waals surface area contributed by atoms with Crippen LogP contribution in [0.15, 0.2) is 54.6 Å². The van der Waals surface area contributed by atoms with Gasteiger partial charge in [0, 0.05) is 22.7 Å². The van der Waals surface area contributed by atoms with Gasteiger partial charge >= 0.3 is 12.1 Å². The highest BCUT2D eigenvalue weighted by molar-refractivity contribution is 7.81. The molecule has 2 N–H and O–H groups in total. The summed E-state index contributed by atoms with van der Waals surface area (Å²) in [6.07, 6.45) is -0.414. The van der Waals surface area contributed by atoms with Gasteiger partial charge in [-0.2, -0.15) is 12.6 Å². The third kappa shape index (κ3) is 5.43. The number of anilines is 1. The lowest BCUT2D eigenvalue weighted by atomic mass is 9.97. The molecular weight excluding hydrogens is 446 g/mol. The van der Waals surface area contributed by atoms with Crippen LogP contribution in [0.4, 0.5) is 10.5 Å². The molecular formula is C24H23NO7S. The van der Waals surface area contributed by atoms with Crippen LogP contribution >= 0.6 is 12.6 Å². The van der Waals surface area contributed by atoms with Crippen molar-refractivity contribution < 1.29 is 33.6 Å². The molecule has 1 aliphatic heterocycles. The summed E-state index contributed by atoms with van der Waals surface area (Å²) in [6.45, 7) is 0.316. The molecule has 8 nitrogen and oxygen atoms in total. The third-order valence-electron chi connectivity index (χ3n) is 5.15. The number of benzene rings is 3. The second-order valence-corrected chi connectivity index (χ2v) is 7.64. The number of phenols is 1. The first-order valence-electron chi connectivity index (χ1n) is 10.4. The van der Waals surface area contributed by atoms with Crippen LogP contribution in [0.2, 0.25) is 0 Å². The van der Waals surface area contributed by atoms with Gasteiger partial charge in [0.2, 0.25) is 6.79 Å². The lowest BCUT2D eigenvalue weighted by molar-refractivity contribution is -0.140. The van der Waals surface area contributed by atoms with Crippen LogP contribution in [0.25, 0.3) is 10.8 Å². The molecule has 0 unspecified atom stereocenters. The normalized spacial score (nSPS) is 12.9. The lowest BCUT2D eigenvalue weighted by Gasteiger charge is -2.21. The van der Waals surface area contributed by atoms with Crippen molar-refractivity contribution in [1.82, 2.24) is 0 Å². The minimum absolute atomic E-state index is 0.000463. The molecule has 0 aliphatic carbocycles. The molecule has 0 saturated carbocycles. The molecule has 4 rings (SSSR count). The summed E-state index contributed by atoms with van der Waals surface area (Å²) < 4.78 is 21.5. The summed E-state index contributed by atoms with van der Waals surface area (Å²) in [7, 11) is 0. The van der Waals surface area contributed by atoms with Crippen LogP contribution in [0.3, 0.4) is 0 Å². The van der Waals surface area contributed by atoms with Gasteiger partial charge in [0.25, 0.3) is 0 Å². The number of esters is 1. The van der Waals surface area contributed by atoms with Crippen LogP contribution in [0.5, 0.6) is 17.2 Å². The summed E-state index contributed by atoms with van der Waals surface area (Å²) in [5, 5.41) is 14.4. The minimum Gasteiger partial charge on any atom is -0.507 e. The number of aromatic hydroxyl groups is 1. The molecule has 3 aromatic carbocycles. The van der Waals surface area contributed by atoms with Crippen LogP contribution in [0, 0.1) is 0 Å². The predicted octanol–water partition coefficient (Wildman–Crippen LogP) is 4.82. The second-order valence-electron chi connectivity index (χ2n) is 7.33. The zero-order valence-corrected chi connectivity index (χ0v) is 18.5. The van der Waals surface area contributed by atoms with Gasteiger partial charge in [0.1, 0.15) is 11.9 Å². The van der Waals surface area contributed by atoms with Crippen molar-refractivity contribution in [3.63, 3.8) is 0 Å². The summed E-state index contributed by atoms with van der Waals surface area (Å²) in [5.41, 5.74) is 1.24. The Labute approximate surface area is 195 Å². The summed E-state index contributed by atoms with van der Waals surface area (Å²) in [4.78, 5) is 24.1. The molecule has 0 aromatic heterocycles. The Morgan fingerprint density at radius 1 is 1.06 bits per heavy atom. The van der Waals surface area contributed by atoms with Gasteiger partial charge in [0.05, 0.1) is 12.4 Å². The van der Waals surface area contributed by atoms with Crippen molar-refractivity contribution >= 4 is 41.2 Å². The average Bonchev–Trinajstić information content (AvgIpc) is 3.29. The summed E-state index contributed by atoms with van der Waals surface area (Å²) in [5.74, 6) is 0.880. The molecule has 9 heteroatoms. The van der Waals surface area contributed by atoms with Crippen molar-refractivity contribution in [3.05, 3.63) is 60.2 Å². The maximum atomic E-state index is 12.7. The van der Waals surface area contributed by atoms with E-state index in [-0.39, 0.29) is 24.9 Å². The van der Waals surface area contributed by atoms with Crippen LogP contribution in [-0.2, 0) is 14.3 Å². The Balaban J connectivity index is 1.52. The number of fused-ring (bicyclic) bond motifs is 2. The molecule has 172 valence electrons. The van der Waals surface area contributed by atoms with E-state index in [2.05, 4.69) is 17.9 Å². The topological polar surface area (TPSA) is 103 Å². The number of thiol groups is 1. The molecule has 1 heterocycles. The van der Waals surface area contributed by atoms with E-state index in [9.17, 15) is 14.7 Å². The molecule has 0 radical (unpaired) electrons. The van der Waals surface area contributed by atoms with Crippen molar-refractivity contribution in [1.29, 1.82) is 0 Å². The maximum absolute atomic E-state index is 12.7.